The summed E-state index contributed by atoms with van der Waals surface area (Å²) in [4.78, 5) is 34.9. The van der Waals surface area contributed by atoms with Crippen molar-refractivity contribution in [3.8, 4) is 5.75 Å². The van der Waals surface area contributed by atoms with Crippen LogP contribution < -0.4 is 4.74 Å². The number of nitro benzene ring substituents is 1. The summed E-state index contributed by atoms with van der Waals surface area (Å²) >= 11 is 1.14. The van der Waals surface area contributed by atoms with E-state index in [2.05, 4.69) is 4.74 Å². The highest BCUT2D eigenvalue weighted by Crippen LogP contribution is 2.38. The zero-order valence-electron chi connectivity index (χ0n) is 11.8. The SMILES string of the molecule is COc1ccc(Sc2cc([N+](=O)[O-])cc3c2C(=O)OC3=O)cc1. The molecule has 0 saturated carbocycles. The van der Waals surface area contributed by atoms with Gasteiger partial charge in [-0.3, -0.25) is 10.1 Å². The van der Waals surface area contributed by atoms with Crippen LogP contribution in [0.2, 0.25) is 0 Å². The van der Waals surface area contributed by atoms with Crippen molar-refractivity contribution in [2.24, 2.45) is 0 Å². The summed E-state index contributed by atoms with van der Waals surface area (Å²) in [6.07, 6.45) is 0. The van der Waals surface area contributed by atoms with Gasteiger partial charge in [0, 0.05) is 21.9 Å². The number of methoxy groups -OCH3 is 1. The van der Waals surface area contributed by atoms with Crippen molar-refractivity contribution < 1.29 is 24.0 Å². The molecule has 0 amide bonds. The number of ether oxygens (including phenoxy) is 2. The minimum atomic E-state index is -0.870. The van der Waals surface area contributed by atoms with Gasteiger partial charge in [0.15, 0.2) is 0 Å². The molecule has 0 aromatic heterocycles. The maximum absolute atomic E-state index is 11.8. The predicted molar refractivity (Wildman–Crippen MR) is 80.0 cm³/mol. The zero-order chi connectivity index (χ0) is 16.6. The van der Waals surface area contributed by atoms with E-state index < -0.39 is 16.9 Å². The van der Waals surface area contributed by atoms with E-state index in [-0.39, 0.29) is 16.8 Å². The molecule has 0 saturated heterocycles. The number of non-ortho nitro benzene ring substituents is 1. The first-order valence-corrected chi connectivity index (χ1v) is 7.22. The first kappa shape index (κ1) is 15.0. The summed E-state index contributed by atoms with van der Waals surface area (Å²) in [5, 5.41) is 11.0. The second kappa shape index (κ2) is 5.73. The highest BCUT2D eigenvalue weighted by Gasteiger charge is 2.35. The van der Waals surface area contributed by atoms with Gasteiger partial charge in [0.1, 0.15) is 5.75 Å². The van der Waals surface area contributed by atoms with Crippen LogP contribution in [-0.4, -0.2) is 24.0 Å². The predicted octanol–water partition coefficient (Wildman–Crippen LogP) is 3.07. The number of rotatable bonds is 4. The van der Waals surface area contributed by atoms with Crippen LogP contribution in [0.15, 0.2) is 46.2 Å². The Balaban J connectivity index is 2.06. The van der Waals surface area contributed by atoms with Crippen LogP contribution in [-0.2, 0) is 4.74 Å². The van der Waals surface area contributed by atoms with E-state index in [4.69, 9.17) is 4.74 Å². The molecular weight excluding hydrogens is 322 g/mol. The fourth-order valence-electron chi connectivity index (χ4n) is 2.12. The van der Waals surface area contributed by atoms with Gasteiger partial charge in [0.05, 0.1) is 23.2 Å². The van der Waals surface area contributed by atoms with E-state index >= 15 is 0 Å². The van der Waals surface area contributed by atoms with Crippen molar-refractivity contribution in [2.45, 2.75) is 9.79 Å². The minimum absolute atomic E-state index is 0.0569. The monoisotopic (exact) mass is 331 g/mol. The molecule has 0 aliphatic carbocycles. The maximum atomic E-state index is 11.8. The molecule has 0 atom stereocenters. The van der Waals surface area contributed by atoms with E-state index in [1.807, 2.05) is 0 Å². The molecule has 2 aromatic carbocycles. The molecule has 1 heterocycles. The Morgan fingerprint density at radius 2 is 1.83 bits per heavy atom. The third-order valence-corrected chi connectivity index (χ3v) is 4.24. The summed E-state index contributed by atoms with van der Waals surface area (Å²) in [6, 6.07) is 9.26. The van der Waals surface area contributed by atoms with E-state index in [0.29, 0.717) is 10.6 Å². The highest BCUT2D eigenvalue weighted by molar-refractivity contribution is 7.99. The Labute approximate surface area is 134 Å². The Hall–Kier alpha value is -2.87. The van der Waals surface area contributed by atoms with Crippen molar-refractivity contribution >= 4 is 29.4 Å². The quantitative estimate of drug-likeness (QED) is 0.367. The number of cyclic esters (lactones) is 2. The fourth-order valence-corrected chi connectivity index (χ4v) is 3.12. The lowest BCUT2D eigenvalue weighted by atomic mass is 10.1. The van der Waals surface area contributed by atoms with E-state index in [1.54, 1.807) is 24.3 Å². The first-order valence-electron chi connectivity index (χ1n) is 6.40. The molecule has 1 aliphatic rings. The Morgan fingerprint density at radius 1 is 1.13 bits per heavy atom. The molecule has 7 nitrogen and oxygen atoms in total. The molecule has 3 rings (SSSR count). The number of benzene rings is 2. The van der Waals surface area contributed by atoms with E-state index in [1.165, 1.54) is 13.2 Å². The second-order valence-corrected chi connectivity index (χ2v) is 5.69. The molecule has 0 fully saturated rings. The van der Waals surface area contributed by atoms with Gasteiger partial charge in [-0.15, -0.1) is 0 Å². The molecule has 8 heteroatoms. The lowest BCUT2D eigenvalue weighted by Gasteiger charge is -2.06. The van der Waals surface area contributed by atoms with Crippen molar-refractivity contribution in [3.05, 3.63) is 57.6 Å². The van der Waals surface area contributed by atoms with Crippen LogP contribution in [0.25, 0.3) is 0 Å². The Kier molecular flexibility index (Phi) is 3.75. The molecule has 2 aromatic rings. The molecule has 0 unspecified atom stereocenters. The van der Waals surface area contributed by atoms with Crippen molar-refractivity contribution in [2.75, 3.05) is 7.11 Å². The number of nitrogens with zero attached hydrogens (tertiary/aromatic N) is 1. The molecule has 0 N–H and O–H groups in total. The largest absolute Gasteiger partial charge is 0.497 e. The number of esters is 2. The van der Waals surface area contributed by atoms with Crippen LogP contribution in [0.5, 0.6) is 5.75 Å². The Morgan fingerprint density at radius 3 is 2.43 bits per heavy atom. The van der Waals surface area contributed by atoms with Crippen LogP contribution in [0, 0.1) is 10.1 Å². The lowest BCUT2D eigenvalue weighted by molar-refractivity contribution is -0.385. The van der Waals surface area contributed by atoms with Crippen LogP contribution >= 0.6 is 11.8 Å². The topological polar surface area (TPSA) is 95.7 Å². The summed E-state index contributed by atoms with van der Waals surface area (Å²) in [5.41, 5.74) is -0.298. The summed E-state index contributed by atoms with van der Waals surface area (Å²) < 4.78 is 9.61. The van der Waals surface area contributed by atoms with Crippen LogP contribution in [0.4, 0.5) is 5.69 Å². The van der Waals surface area contributed by atoms with Crippen LogP contribution in [0.3, 0.4) is 0 Å². The van der Waals surface area contributed by atoms with E-state index in [9.17, 15) is 19.7 Å². The molecule has 23 heavy (non-hydrogen) atoms. The van der Waals surface area contributed by atoms with Crippen molar-refractivity contribution in [1.29, 1.82) is 0 Å². The highest BCUT2D eigenvalue weighted by atomic mass is 32.2. The van der Waals surface area contributed by atoms with Crippen molar-refractivity contribution in [3.63, 3.8) is 0 Å². The Bertz CT molecular complexity index is 831. The molecular formula is C15H9NO6S. The van der Waals surface area contributed by atoms with Gasteiger partial charge < -0.3 is 9.47 Å². The number of nitro groups is 1. The van der Waals surface area contributed by atoms with Gasteiger partial charge in [0.2, 0.25) is 0 Å². The van der Waals surface area contributed by atoms with Crippen molar-refractivity contribution in [1.82, 2.24) is 0 Å². The van der Waals surface area contributed by atoms with E-state index in [0.717, 1.165) is 22.7 Å². The van der Waals surface area contributed by atoms with Gasteiger partial charge in [-0.05, 0) is 24.3 Å². The number of carbonyl (C=O) groups excluding carboxylic acids is 2. The molecule has 116 valence electrons. The fraction of sp³-hybridized carbons (Fsp3) is 0.0667. The number of hydrogen-bond acceptors (Lipinski definition) is 7. The standard InChI is InChI=1S/C15H9NO6S/c1-21-9-2-4-10(5-3-9)23-12-7-8(16(19)20)6-11-13(12)15(18)22-14(11)17/h2-7H,1H3. The summed E-state index contributed by atoms with van der Waals surface area (Å²) in [5.74, 6) is -1.01. The van der Waals surface area contributed by atoms with Gasteiger partial charge in [-0.1, -0.05) is 11.8 Å². The third kappa shape index (κ3) is 2.76. The van der Waals surface area contributed by atoms with Gasteiger partial charge >= 0.3 is 11.9 Å². The lowest BCUT2D eigenvalue weighted by Crippen LogP contribution is -1.98. The number of hydrogen-bond donors (Lipinski definition) is 0. The number of fused-ring (bicyclic) bond motifs is 1. The van der Waals surface area contributed by atoms with Gasteiger partial charge in [-0.2, -0.15) is 0 Å². The normalized spacial score (nSPS) is 12.7. The maximum Gasteiger partial charge on any atom is 0.348 e. The molecule has 1 aliphatic heterocycles. The molecule has 0 spiro atoms. The zero-order valence-corrected chi connectivity index (χ0v) is 12.6. The smallest absolute Gasteiger partial charge is 0.348 e. The van der Waals surface area contributed by atoms with Gasteiger partial charge in [-0.25, -0.2) is 9.59 Å². The summed E-state index contributed by atoms with van der Waals surface area (Å²) in [7, 11) is 1.54. The summed E-state index contributed by atoms with van der Waals surface area (Å²) in [6.45, 7) is 0. The first-order chi connectivity index (χ1) is 11.0. The molecule has 0 radical (unpaired) electrons. The molecule has 0 bridgehead atoms. The minimum Gasteiger partial charge on any atom is -0.497 e. The average molecular weight is 331 g/mol. The van der Waals surface area contributed by atoms with Crippen LogP contribution in [0.1, 0.15) is 20.7 Å². The average Bonchev–Trinajstić information content (AvgIpc) is 2.83. The second-order valence-electron chi connectivity index (χ2n) is 4.58. The van der Waals surface area contributed by atoms with Gasteiger partial charge in [0.25, 0.3) is 5.69 Å². The third-order valence-electron chi connectivity index (χ3n) is 3.19. The number of carbonyl (C=O) groups is 2.